The summed E-state index contributed by atoms with van der Waals surface area (Å²) in [6.07, 6.45) is -0.337. The summed E-state index contributed by atoms with van der Waals surface area (Å²) in [5.41, 5.74) is 1.02. The number of aromatic nitrogens is 3. The van der Waals surface area contributed by atoms with Crippen molar-refractivity contribution in [1.82, 2.24) is 14.8 Å². The molecule has 0 aliphatic rings. The number of aryl methyl sites for hydroxylation is 1. The highest BCUT2D eigenvalue weighted by Crippen LogP contribution is 2.25. The first-order valence-electron chi connectivity index (χ1n) is 9.41. The standard InChI is InChI=1S/C21H22F2N4O2S/c1-4-27-20(14(3)29-16-7-5-6-13(2)10-16)25-26-21(27)30-12-19(28)24-18-9-8-15(22)11-17(18)23/h5-11,14H,4,12H2,1-3H3,(H,24,28). The van der Waals surface area contributed by atoms with Gasteiger partial charge in [0.25, 0.3) is 0 Å². The fourth-order valence-electron chi connectivity index (χ4n) is 2.86. The molecule has 0 aliphatic carbocycles. The molecule has 0 aliphatic heterocycles. The summed E-state index contributed by atoms with van der Waals surface area (Å²) in [7, 11) is 0. The zero-order chi connectivity index (χ0) is 21.7. The zero-order valence-electron chi connectivity index (χ0n) is 16.9. The molecule has 9 heteroatoms. The van der Waals surface area contributed by atoms with Gasteiger partial charge in [0.2, 0.25) is 5.91 Å². The number of anilines is 1. The molecule has 1 unspecified atom stereocenters. The first kappa shape index (κ1) is 21.8. The molecule has 0 spiro atoms. The number of carbonyl (C=O) groups excluding carboxylic acids is 1. The number of rotatable bonds is 8. The van der Waals surface area contributed by atoms with Gasteiger partial charge in [0, 0.05) is 12.6 Å². The molecule has 6 nitrogen and oxygen atoms in total. The number of nitrogens with one attached hydrogen (secondary N) is 1. The van der Waals surface area contributed by atoms with Gasteiger partial charge in [0.15, 0.2) is 17.1 Å². The van der Waals surface area contributed by atoms with E-state index in [1.54, 1.807) is 0 Å². The highest BCUT2D eigenvalue weighted by Gasteiger charge is 2.20. The Hall–Kier alpha value is -2.94. The number of benzene rings is 2. The molecule has 0 radical (unpaired) electrons. The van der Waals surface area contributed by atoms with Crippen molar-refractivity contribution in [3.8, 4) is 5.75 Å². The summed E-state index contributed by atoms with van der Waals surface area (Å²) in [6, 6.07) is 10.7. The molecule has 0 bridgehead atoms. The van der Waals surface area contributed by atoms with Crippen molar-refractivity contribution in [2.75, 3.05) is 11.1 Å². The van der Waals surface area contributed by atoms with Gasteiger partial charge in [-0.1, -0.05) is 23.9 Å². The molecule has 0 saturated heterocycles. The van der Waals surface area contributed by atoms with E-state index in [2.05, 4.69) is 15.5 Å². The number of carbonyl (C=O) groups is 1. The third-order valence-corrected chi connectivity index (χ3v) is 5.23. The maximum absolute atomic E-state index is 13.7. The minimum absolute atomic E-state index is 0.00205. The Morgan fingerprint density at radius 3 is 2.73 bits per heavy atom. The summed E-state index contributed by atoms with van der Waals surface area (Å²) in [4.78, 5) is 12.2. The Morgan fingerprint density at radius 1 is 1.23 bits per heavy atom. The zero-order valence-corrected chi connectivity index (χ0v) is 17.7. The quantitative estimate of drug-likeness (QED) is 0.520. The van der Waals surface area contributed by atoms with Gasteiger partial charge in [-0.15, -0.1) is 10.2 Å². The second-order valence-electron chi connectivity index (χ2n) is 6.62. The molecule has 0 saturated carbocycles. The second kappa shape index (κ2) is 9.71. The van der Waals surface area contributed by atoms with Crippen molar-refractivity contribution in [2.45, 2.75) is 38.6 Å². The molecule has 1 heterocycles. The summed E-state index contributed by atoms with van der Waals surface area (Å²) >= 11 is 1.18. The van der Waals surface area contributed by atoms with Crippen LogP contribution in [0.25, 0.3) is 0 Å². The molecule has 30 heavy (non-hydrogen) atoms. The van der Waals surface area contributed by atoms with E-state index < -0.39 is 17.5 Å². The topological polar surface area (TPSA) is 69.0 Å². The van der Waals surface area contributed by atoms with Crippen LogP contribution in [-0.2, 0) is 11.3 Å². The van der Waals surface area contributed by atoms with Gasteiger partial charge in [-0.2, -0.15) is 0 Å². The van der Waals surface area contributed by atoms with Gasteiger partial charge in [-0.3, -0.25) is 4.79 Å². The molecule has 158 valence electrons. The van der Waals surface area contributed by atoms with Crippen LogP contribution >= 0.6 is 11.8 Å². The predicted octanol–water partition coefficient (Wildman–Crippen LogP) is 4.76. The lowest BCUT2D eigenvalue weighted by molar-refractivity contribution is -0.113. The molecule has 1 aromatic heterocycles. The Balaban J connectivity index is 1.64. The molecular formula is C21H22F2N4O2S. The Kier molecular flexibility index (Phi) is 7.04. The number of hydrogen-bond donors (Lipinski definition) is 1. The Morgan fingerprint density at radius 2 is 2.03 bits per heavy atom. The number of halogens is 2. The van der Waals surface area contributed by atoms with E-state index in [0.717, 1.165) is 23.4 Å². The van der Waals surface area contributed by atoms with Gasteiger partial charge in [-0.05, 0) is 50.6 Å². The van der Waals surface area contributed by atoms with Crippen LogP contribution in [0.1, 0.15) is 31.3 Å². The van der Waals surface area contributed by atoms with Crippen molar-refractivity contribution in [3.05, 3.63) is 65.5 Å². The van der Waals surface area contributed by atoms with E-state index in [4.69, 9.17) is 4.74 Å². The maximum atomic E-state index is 13.7. The largest absolute Gasteiger partial charge is 0.483 e. The molecule has 1 amide bonds. The fourth-order valence-corrected chi connectivity index (χ4v) is 3.67. The summed E-state index contributed by atoms with van der Waals surface area (Å²) in [6.45, 7) is 6.42. The van der Waals surface area contributed by atoms with Crippen LogP contribution in [0.4, 0.5) is 14.5 Å². The van der Waals surface area contributed by atoms with E-state index in [9.17, 15) is 13.6 Å². The van der Waals surface area contributed by atoms with E-state index >= 15 is 0 Å². The average Bonchev–Trinajstić information content (AvgIpc) is 3.11. The predicted molar refractivity (Wildman–Crippen MR) is 112 cm³/mol. The lowest BCUT2D eigenvalue weighted by Crippen LogP contribution is -2.16. The lowest BCUT2D eigenvalue weighted by Gasteiger charge is -2.16. The van der Waals surface area contributed by atoms with Crippen LogP contribution in [0.3, 0.4) is 0 Å². The summed E-state index contributed by atoms with van der Waals surface area (Å²) < 4.78 is 34.5. The minimum atomic E-state index is -0.825. The third-order valence-electron chi connectivity index (χ3n) is 4.27. The van der Waals surface area contributed by atoms with E-state index in [1.807, 2.05) is 49.6 Å². The molecule has 3 rings (SSSR count). The van der Waals surface area contributed by atoms with Gasteiger partial charge in [0.05, 0.1) is 11.4 Å². The molecule has 2 aromatic carbocycles. The SMILES string of the molecule is CCn1c(SCC(=O)Nc2ccc(F)cc2F)nnc1C(C)Oc1cccc(C)c1. The number of thioether (sulfide) groups is 1. The average molecular weight is 432 g/mol. The Bertz CT molecular complexity index is 1040. The highest BCUT2D eigenvalue weighted by atomic mass is 32.2. The van der Waals surface area contributed by atoms with Crippen molar-refractivity contribution >= 4 is 23.4 Å². The molecule has 1 N–H and O–H groups in total. The van der Waals surface area contributed by atoms with Gasteiger partial charge in [-0.25, -0.2) is 8.78 Å². The van der Waals surface area contributed by atoms with E-state index in [-0.39, 0.29) is 17.5 Å². The second-order valence-corrected chi connectivity index (χ2v) is 7.57. The van der Waals surface area contributed by atoms with Gasteiger partial charge >= 0.3 is 0 Å². The van der Waals surface area contributed by atoms with Gasteiger partial charge in [0.1, 0.15) is 17.4 Å². The van der Waals surface area contributed by atoms with Crippen LogP contribution in [0, 0.1) is 18.6 Å². The number of ether oxygens (including phenoxy) is 1. The van der Waals surface area contributed by atoms with Gasteiger partial charge < -0.3 is 14.6 Å². The minimum Gasteiger partial charge on any atom is -0.483 e. The molecule has 3 aromatic rings. The highest BCUT2D eigenvalue weighted by molar-refractivity contribution is 7.99. The first-order valence-corrected chi connectivity index (χ1v) is 10.4. The summed E-state index contributed by atoms with van der Waals surface area (Å²) in [5.74, 6) is -0.571. The van der Waals surface area contributed by atoms with Crippen LogP contribution in [-0.4, -0.2) is 26.4 Å². The number of nitrogens with zero attached hydrogens (tertiary/aromatic N) is 3. The van der Waals surface area contributed by atoms with Crippen LogP contribution in [0.2, 0.25) is 0 Å². The number of amides is 1. The third kappa shape index (κ3) is 5.35. The smallest absolute Gasteiger partial charge is 0.234 e. The van der Waals surface area contributed by atoms with Crippen molar-refractivity contribution in [1.29, 1.82) is 0 Å². The summed E-state index contributed by atoms with van der Waals surface area (Å²) in [5, 5.41) is 11.4. The van der Waals surface area contributed by atoms with Crippen molar-refractivity contribution < 1.29 is 18.3 Å². The fraction of sp³-hybridized carbons (Fsp3) is 0.286. The molecule has 0 fully saturated rings. The monoisotopic (exact) mass is 432 g/mol. The first-order chi connectivity index (χ1) is 14.4. The van der Waals surface area contributed by atoms with Crippen LogP contribution < -0.4 is 10.1 Å². The lowest BCUT2D eigenvalue weighted by atomic mass is 10.2. The van der Waals surface area contributed by atoms with E-state index in [1.165, 1.54) is 17.8 Å². The maximum Gasteiger partial charge on any atom is 0.234 e. The van der Waals surface area contributed by atoms with E-state index in [0.29, 0.717) is 17.5 Å². The van der Waals surface area contributed by atoms with Crippen LogP contribution in [0.5, 0.6) is 5.75 Å². The number of hydrogen-bond acceptors (Lipinski definition) is 5. The van der Waals surface area contributed by atoms with Crippen LogP contribution in [0.15, 0.2) is 47.6 Å². The van der Waals surface area contributed by atoms with Crippen molar-refractivity contribution in [2.24, 2.45) is 0 Å². The Labute approximate surface area is 177 Å². The normalized spacial score (nSPS) is 11.9. The van der Waals surface area contributed by atoms with Crippen molar-refractivity contribution in [3.63, 3.8) is 0 Å². The molecule has 1 atom stereocenters. The molecular weight excluding hydrogens is 410 g/mol.